The minimum absolute atomic E-state index is 0.0163. The van der Waals surface area contributed by atoms with E-state index in [-0.39, 0.29) is 5.91 Å². The molecule has 2 aromatic rings. The number of nitrogens with zero attached hydrogens (tertiary/aromatic N) is 1. The fourth-order valence-corrected chi connectivity index (χ4v) is 2.16. The first kappa shape index (κ1) is 15.5. The smallest absolute Gasteiger partial charge is 0.231 e. The van der Waals surface area contributed by atoms with E-state index in [9.17, 15) is 4.79 Å². The number of hydrogen-bond donors (Lipinski definition) is 1. The van der Waals surface area contributed by atoms with Crippen molar-refractivity contribution in [2.75, 3.05) is 11.9 Å². The highest BCUT2D eigenvalue weighted by Gasteiger charge is 2.12. The van der Waals surface area contributed by atoms with Gasteiger partial charge in [-0.25, -0.2) is 0 Å². The average molecular weight is 319 g/mol. The largest absolute Gasteiger partial charge is 0.389 e. The number of amides is 1. The van der Waals surface area contributed by atoms with Crippen molar-refractivity contribution in [2.24, 2.45) is 5.73 Å². The molecule has 0 saturated carbocycles. The summed E-state index contributed by atoms with van der Waals surface area (Å²) >= 11 is 10.8. The van der Waals surface area contributed by atoms with E-state index >= 15 is 0 Å². The second-order valence-corrected chi connectivity index (χ2v) is 5.55. The number of likely N-dealkylation sites (N-methyl/N-ethyl adjacent to an activating group) is 1. The van der Waals surface area contributed by atoms with Crippen molar-refractivity contribution in [3.05, 3.63) is 64.7 Å². The van der Waals surface area contributed by atoms with Gasteiger partial charge in [-0.1, -0.05) is 48.1 Å². The molecule has 0 spiro atoms. The quantitative estimate of drug-likeness (QED) is 0.881. The van der Waals surface area contributed by atoms with Crippen LogP contribution in [0.1, 0.15) is 11.1 Å². The van der Waals surface area contributed by atoms with Crippen molar-refractivity contribution in [1.29, 1.82) is 0 Å². The summed E-state index contributed by atoms with van der Waals surface area (Å²) in [7, 11) is 1.73. The van der Waals surface area contributed by atoms with Crippen LogP contribution < -0.4 is 10.6 Å². The van der Waals surface area contributed by atoms with E-state index in [0.29, 0.717) is 16.4 Å². The number of benzene rings is 2. The van der Waals surface area contributed by atoms with Crippen molar-refractivity contribution >= 4 is 40.4 Å². The lowest BCUT2D eigenvalue weighted by atomic mass is 10.1. The van der Waals surface area contributed by atoms with Crippen LogP contribution in [0.3, 0.4) is 0 Å². The predicted octanol–water partition coefficient (Wildman–Crippen LogP) is 3.18. The third kappa shape index (κ3) is 4.03. The number of thiocarbonyl (C=S) groups is 1. The Kier molecular flexibility index (Phi) is 4.94. The maximum atomic E-state index is 12.3. The molecule has 0 aliphatic heterocycles. The van der Waals surface area contributed by atoms with Gasteiger partial charge in [-0.2, -0.15) is 0 Å². The summed E-state index contributed by atoms with van der Waals surface area (Å²) in [5.41, 5.74) is 8.04. The summed E-state index contributed by atoms with van der Waals surface area (Å²) in [4.78, 5) is 14.2. The van der Waals surface area contributed by atoms with E-state index in [4.69, 9.17) is 29.6 Å². The number of carbonyl (C=O) groups is 1. The van der Waals surface area contributed by atoms with Crippen LogP contribution in [0.15, 0.2) is 48.5 Å². The highest BCUT2D eigenvalue weighted by Crippen LogP contribution is 2.17. The van der Waals surface area contributed by atoms with Crippen LogP contribution in [-0.2, 0) is 11.2 Å². The van der Waals surface area contributed by atoms with Gasteiger partial charge in [0.1, 0.15) is 4.99 Å². The maximum absolute atomic E-state index is 12.3. The first-order valence-corrected chi connectivity index (χ1v) is 7.17. The fraction of sp³-hybridized carbons (Fsp3) is 0.125. The molecule has 0 atom stereocenters. The van der Waals surface area contributed by atoms with Crippen LogP contribution in [0, 0.1) is 0 Å². The van der Waals surface area contributed by atoms with Crippen LogP contribution in [-0.4, -0.2) is 17.9 Å². The summed E-state index contributed by atoms with van der Waals surface area (Å²) < 4.78 is 0. The van der Waals surface area contributed by atoms with Crippen LogP contribution in [0.25, 0.3) is 0 Å². The van der Waals surface area contributed by atoms with Gasteiger partial charge >= 0.3 is 0 Å². The molecule has 0 unspecified atom stereocenters. The third-order valence-electron chi connectivity index (χ3n) is 3.16. The normalized spacial score (nSPS) is 10.2. The third-order valence-corrected chi connectivity index (χ3v) is 3.65. The summed E-state index contributed by atoms with van der Waals surface area (Å²) in [5, 5.41) is 0.656. The molecule has 108 valence electrons. The monoisotopic (exact) mass is 318 g/mol. The zero-order valence-electron chi connectivity index (χ0n) is 11.5. The lowest BCUT2D eigenvalue weighted by molar-refractivity contribution is -0.117. The van der Waals surface area contributed by atoms with E-state index in [1.165, 1.54) is 0 Å². The Bertz CT molecular complexity index is 670. The lowest BCUT2D eigenvalue weighted by Gasteiger charge is -2.18. The van der Waals surface area contributed by atoms with Gasteiger partial charge in [0, 0.05) is 23.3 Å². The Balaban J connectivity index is 2.13. The molecule has 0 aliphatic carbocycles. The summed E-state index contributed by atoms with van der Waals surface area (Å²) in [5.74, 6) is -0.0163. The van der Waals surface area contributed by atoms with Crippen LogP contribution in [0.5, 0.6) is 0 Å². The van der Waals surface area contributed by atoms with Gasteiger partial charge < -0.3 is 10.6 Å². The molecule has 1 amide bonds. The van der Waals surface area contributed by atoms with Gasteiger partial charge in [0.25, 0.3) is 0 Å². The van der Waals surface area contributed by atoms with Gasteiger partial charge in [0.05, 0.1) is 6.42 Å². The standard InChI is InChI=1S/C16H15ClN2OS/c1-19(14-4-2-3-12(10-14)16(18)21)15(20)9-11-5-7-13(17)8-6-11/h2-8,10H,9H2,1H3,(H2,18,21). The second-order valence-electron chi connectivity index (χ2n) is 4.67. The molecule has 2 N–H and O–H groups in total. The van der Waals surface area contributed by atoms with E-state index in [2.05, 4.69) is 0 Å². The SMILES string of the molecule is CN(C(=O)Cc1ccc(Cl)cc1)c1cccc(C(N)=S)c1. The molecule has 5 heteroatoms. The minimum Gasteiger partial charge on any atom is -0.389 e. The Labute approximate surface area is 134 Å². The number of carbonyl (C=O) groups excluding carboxylic acids is 1. The highest BCUT2D eigenvalue weighted by atomic mass is 35.5. The van der Waals surface area contributed by atoms with Gasteiger partial charge in [-0.3, -0.25) is 4.79 Å². The molecule has 0 heterocycles. The fourth-order valence-electron chi connectivity index (χ4n) is 1.91. The number of hydrogen-bond acceptors (Lipinski definition) is 2. The van der Waals surface area contributed by atoms with Crippen LogP contribution in [0.4, 0.5) is 5.69 Å². The first-order chi connectivity index (χ1) is 9.97. The number of rotatable bonds is 4. The lowest BCUT2D eigenvalue weighted by Crippen LogP contribution is -2.28. The molecule has 0 aliphatic rings. The van der Waals surface area contributed by atoms with E-state index in [1.54, 1.807) is 24.1 Å². The molecule has 2 aromatic carbocycles. The highest BCUT2D eigenvalue weighted by molar-refractivity contribution is 7.80. The predicted molar refractivity (Wildman–Crippen MR) is 90.9 cm³/mol. The molecular formula is C16H15ClN2OS. The van der Waals surface area contributed by atoms with Gasteiger partial charge in [0.2, 0.25) is 5.91 Å². The molecule has 3 nitrogen and oxygen atoms in total. The summed E-state index contributed by atoms with van der Waals surface area (Å²) in [6.45, 7) is 0. The zero-order chi connectivity index (χ0) is 15.4. The van der Waals surface area contributed by atoms with E-state index < -0.39 is 0 Å². The summed E-state index contributed by atoms with van der Waals surface area (Å²) in [6.07, 6.45) is 0.310. The van der Waals surface area contributed by atoms with E-state index in [0.717, 1.165) is 16.8 Å². The number of halogens is 1. The topological polar surface area (TPSA) is 46.3 Å². The summed E-state index contributed by atoms with van der Waals surface area (Å²) in [6, 6.07) is 14.6. The Morgan fingerprint density at radius 2 is 1.90 bits per heavy atom. The van der Waals surface area contributed by atoms with Gasteiger partial charge in [-0.15, -0.1) is 0 Å². The molecule has 0 aromatic heterocycles. The molecule has 0 bridgehead atoms. The van der Waals surface area contributed by atoms with E-state index in [1.807, 2.05) is 36.4 Å². The van der Waals surface area contributed by atoms with Crippen molar-refractivity contribution in [1.82, 2.24) is 0 Å². The molecule has 2 rings (SSSR count). The van der Waals surface area contributed by atoms with Crippen molar-refractivity contribution in [3.8, 4) is 0 Å². The zero-order valence-corrected chi connectivity index (χ0v) is 13.1. The van der Waals surface area contributed by atoms with Crippen LogP contribution in [0.2, 0.25) is 5.02 Å². The molecular weight excluding hydrogens is 304 g/mol. The Morgan fingerprint density at radius 1 is 1.24 bits per heavy atom. The van der Waals surface area contributed by atoms with Crippen molar-refractivity contribution in [2.45, 2.75) is 6.42 Å². The molecule has 0 radical (unpaired) electrons. The maximum Gasteiger partial charge on any atom is 0.231 e. The number of nitrogens with two attached hydrogens (primary N) is 1. The molecule has 0 saturated heterocycles. The van der Waals surface area contributed by atoms with Crippen molar-refractivity contribution < 1.29 is 4.79 Å². The average Bonchev–Trinajstić information content (AvgIpc) is 2.49. The van der Waals surface area contributed by atoms with Gasteiger partial charge in [-0.05, 0) is 29.8 Å². The Hall–Kier alpha value is -1.91. The van der Waals surface area contributed by atoms with Gasteiger partial charge in [0.15, 0.2) is 0 Å². The number of anilines is 1. The first-order valence-electron chi connectivity index (χ1n) is 6.38. The van der Waals surface area contributed by atoms with Crippen LogP contribution >= 0.6 is 23.8 Å². The molecule has 0 fully saturated rings. The second kappa shape index (κ2) is 6.70. The van der Waals surface area contributed by atoms with Crippen molar-refractivity contribution in [3.63, 3.8) is 0 Å². The Morgan fingerprint density at radius 3 is 2.52 bits per heavy atom. The minimum atomic E-state index is -0.0163. The molecule has 21 heavy (non-hydrogen) atoms.